The molecular weight excluding hydrogens is 336 g/mol. The summed E-state index contributed by atoms with van der Waals surface area (Å²) in [7, 11) is 1.72. The topological polar surface area (TPSA) is 84.0 Å². The lowest BCUT2D eigenvalue weighted by Gasteiger charge is -2.30. The molecular formula is C19H26N2O5. The van der Waals surface area contributed by atoms with E-state index in [2.05, 4.69) is 22.0 Å². The minimum atomic E-state index is -0.250. The van der Waals surface area contributed by atoms with Gasteiger partial charge in [0.25, 0.3) is 6.47 Å². The fourth-order valence-electron chi connectivity index (χ4n) is 3.60. The minimum absolute atomic E-state index is 0.250. The van der Waals surface area contributed by atoms with Crippen molar-refractivity contribution in [1.82, 2.24) is 9.88 Å². The van der Waals surface area contributed by atoms with Gasteiger partial charge in [-0.1, -0.05) is 0 Å². The maximum absolute atomic E-state index is 8.36. The Morgan fingerprint density at radius 3 is 3.00 bits per heavy atom. The van der Waals surface area contributed by atoms with Crippen LogP contribution < -0.4 is 4.74 Å². The van der Waals surface area contributed by atoms with Gasteiger partial charge >= 0.3 is 0 Å². The lowest BCUT2D eigenvalue weighted by Crippen LogP contribution is -2.36. The van der Waals surface area contributed by atoms with Crippen molar-refractivity contribution < 1.29 is 24.1 Å². The highest BCUT2D eigenvalue weighted by atomic mass is 16.6. The molecule has 1 saturated heterocycles. The van der Waals surface area contributed by atoms with Gasteiger partial charge in [-0.2, -0.15) is 0 Å². The molecule has 0 saturated carbocycles. The summed E-state index contributed by atoms with van der Waals surface area (Å²) < 4.78 is 16.6. The summed E-state index contributed by atoms with van der Waals surface area (Å²) in [4.78, 5) is 14.4. The lowest BCUT2D eigenvalue weighted by atomic mass is 10.0. The van der Waals surface area contributed by atoms with Gasteiger partial charge in [0.2, 0.25) is 0 Å². The van der Waals surface area contributed by atoms with E-state index in [1.54, 1.807) is 7.11 Å². The standard InChI is InChI=1S/C18H24N2O3.CH2O2/c1-21-13-2-3-17-15(10-13)16-11-20(7-5-18(16)19-17)6-4-14-12-22-8-9-23-14;2-1-3/h2-3,10,14,19H,4-9,11-12H2,1H3;1H,(H,2,3). The highest BCUT2D eigenvalue weighted by molar-refractivity contribution is 5.86. The first kappa shape index (κ1) is 18.7. The Morgan fingerprint density at radius 2 is 2.27 bits per heavy atom. The predicted molar refractivity (Wildman–Crippen MR) is 97.7 cm³/mol. The summed E-state index contributed by atoms with van der Waals surface area (Å²) in [5, 5.41) is 8.18. The molecule has 7 heteroatoms. The molecule has 142 valence electrons. The van der Waals surface area contributed by atoms with Crippen molar-refractivity contribution in [2.24, 2.45) is 0 Å². The fraction of sp³-hybridized carbons (Fsp3) is 0.526. The van der Waals surface area contributed by atoms with Crippen LogP contribution in [0.2, 0.25) is 0 Å². The van der Waals surface area contributed by atoms with Crippen molar-refractivity contribution in [3.8, 4) is 5.75 Å². The third kappa shape index (κ3) is 4.35. The van der Waals surface area contributed by atoms with Gasteiger partial charge in [0.15, 0.2) is 0 Å². The second-order valence-corrected chi connectivity index (χ2v) is 6.48. The molecule has 0 bridgehead atoms. The quantitative estimate of drug-likeness (QED) is 0.810. The van der Waals surface area contributed by atoms with Crippen molar-refractivity contribution in [1.29, 1.82) is 0 Å². The molecule has 1 fully saturated rings. The van der Waals surface area contributed by atoms with Gasteiger partial charge in [0, 0.05) is 42.7 Å². The number of aromatic amines is 1. The smallest absolute Gasteiger partial charge is 0.290 e. The molecule has 1 aromatic carbocycles. The van der Waals surface area contributed by atoms with E-state index in [4.69, 9.17) is 24.1 Å². The van der Waals surface area contributed by atoms with Crippen molar-refractivity contribution in [3.05, 3.63) is 29.5 Å². The highest BCUT2D eigenvalue weighted by Crippen LogP contribution is 2.30. The Bertz CT molecular complexity index is 724. The van der Waals surface area contributed by atoms with Gasteiger partial charge in [-0.05, 0) is 30.2 Å². The molecule has 3 heterocycles. The van der Waals surface area contributed by atoms with Crippen molar-refractivity contribution >= 4 is 17.4 Å². The summed E-state index contributed by atoms with van der Waals surface area (Å²) in [5.74, 6) is 0.921. The summed E-state index contributed by atoms with van der Waals surface area (Å²) >= 11 is 0. The molecule has 7 nitrogen and oxygen atoms in total. The molecule has 2 N–H and O–H groups in total. The van der Waals surface area contributed by atoms with Crippen LogP contribution in [0.5, 0.6) is 5.75 Å². The second kappa shape index (κ2) is 9.02. The average Bonchev–Trinajstić information content (AvgIpc) is 3.05. The first-order valence-corrected chi connectivity index (χ1v) is 8.92. The zero-order valence-corrected chi connectivity index (χ0v) is 15.1. The molecule has 0 amide bonds. The average molecular weight is 362 g/mol. The number of aromatic nitrogens is 1. The predicted octanol–water partition coefficient (Wildman–Crippen LogP) is 2.04. The monoisotopic (exact) mass is 362 g/mol. The van der Waals surface area contributed by atoms with Gasteiger partial charge in [-0.15, -0.1) is 0 Å². The molecule has 0 aliphatic carbocycles. The van der Waals surface area contributed by atoms with E-state index in [-0.39, 0.29) is 12.6 Å². The molecule has 26 heavy (non-hydrogen) atoms. The number of H-pyrrole nitrogens is 1. The van der Waals surface area contributed by atoms with Crippen LogP contribution in [0.25, 0.3) is 10.9 Å². The zero-order chi connectivity index (χ0) is 18.4. The van der Waals surface area contributed by atoms with Crippen LogP contribution >= 0.6 is 0 Å². The number of benzene rings is 1. The molecule has 2 aliphatic rings. The first-order chi connectivity index (χ1) is 12.7. The van der Waals surface area contributed by atoms with Gasteiger partial charge in [-0.3, -0.25) is 9.69 Å². The van der Waals surface area contributed by atoms with Crippen LogP contribution in [0.1, 0.15) is 17.7 Å². The van der Waals surface area contributed by atoms with E-state index in [1.807, 2.05) is 6.07 Å². The summed E-state index contributed by atoms with van der Waals surface area (Å²) in [6.45, 7) is 5.12. The van der Waals surface area contributed by atoms with E-state index in [0.29, 0.717) is 0 Å². The second-order valence-electron chi connectivity index (χ2n) is 6.48. The van der Waals surface area contributed by atoms with E-state index in [0.717, 1.165) is 58.0 Å². The molecule has 1 aromatic heterocycles. The number of hydrogen-bond donors (Lipinski definition) is 2. The summed E-state index contributed by atoms with van der Waals surface area (Å²) in [5.41, 5.74) is 4.01. The number of carboxylic acid groups (broad SMARTS) is 1. The number of rotatable bonds is 4. The van der Waals surface area contributed by atoms with Crippen molar-refractivity contribution in [2.45, 2.75) is 25.5 Å². The van der Waals surface area contributed by atoms with Gasteiger partial charge in [0.1, 0.15) is 5.75 Å². The Hall–Kier alpha value is -2.09. The fourth-order valence-corrected chi connectivity index (χ4v) is 3.60. The first-order valence-electron chi connectivity index (χ1n) is 8.92. The molecule has 2 aliphatic heterocycles. The number of carbonyl (C=O) groups is 1. The molecule has 0 radical (unpaired) electrons. The highest BCUT2D eigenvalue weighted by Gasteiger charge is 2.22. The number of ether oxygens (including phenoxy) is 3. The Morgan fingerprint density at radius 1 is 1.42 bits per heavy atom. The van der Waals surface area contributed by atoms with Gasteiger partial charge < -0.3 is 24.3 Å². The molecule has 2 aromatic rings. The normalized spacial score (nSPS) is 20.1. The largest absolute Gasteiger partial charge is 0.497 e. The third-order valence-corrected chi connectivity index (χ3v) is 4.91. The van der Waals surface area contributed by atoms with Crippen LogP contribution in [0.15, 0.2) is 18.2 Å². The number of methoxy groups -OCH3 is 1. The van der Waals surface area contributed by atoms with E-state index < -0.39 is 0 Å². The minimum Gasteiger partial charge on any atom is -0.497 e. The van der Waals surface area contributed by atoms with E-state index >= 15 is 0 Å². The number of nitrogens with zero attached hydrogens (tertiary/aromatic N) is 1. The van der Waals surface area contributed by atoms with Crippen molar-refractivity contribution in [3.63, 3.8) is 0 Å². The van der Waals surface area contributed by atoms with Gasteiger partial charge in [0.05, 0.1) is 33.0 Å². The molecule has 4 rings (SSSR count). The van der Waals surface area contributed by atoms with Crippen LogP contribution in [-0.4, -0.2) is 67.6 Å². The Labute approximate surface area is 152 Å². The summed E-state index contributed by atoms with van der Waals surface area (Å²) in [6, 6.07) is 6.28. The van der Waals surface area contributed by atoms with Gasteiger partial charge in [-0.25, -0.2) is 0 Å². The number of hydrogen-bond acceptors (Lipinski definition) is 5. The Kier molecular flexibility index (Phi) is 6.49. The molecule has 1 unspecified atom stereocenters. The summed E-state index contributed by atoms with van der Waals surface area (Å²) in [6.07, 6.45) is 2.38. The number of fused-ring (bicyclic) bond motifs is 3. The molecule has 1 atom stereocenters. The van der Waals surface area contributed by atoms with E-state index in [1.165, 1.54) is 22.2 Å². The van der Waals surface area contributed by atoms with E-state index in [9.17, 15) is 0 Å². The maximum Gasteiger partial charge on any atom is 0.290 e. The zero-order valence-electron chi connectivity index (χ0n) is 15.1. The van der Waals surface area contributed by atoms with Crippen LogP contribution in [0, 0.1) is 0 Å². The van der Waals surface area contributed by atoms with Crippen molar-refractivity contribution in [2.75, 3.05) is 40.0 Å². The van der Waals surface area contributed by atoms with Crippen LogP contribution in [0.3, 0.4) is 0 Å². The SMILES string of the molecule is COc1ccc2[nH]c3c(c2c1)CN(CCC1COCCO1)CC3.O=CO. The molecule has 0 spiro atoms. The number of nitrogens with one attached hydrogen (secondary N) is 1. The Balaban J connectivity index is 0.000000613. The third-order valence-electron chi connectivity index (χ3n) is 4.91. The maximum atomic E-state index is 8.36. The lowest BCUT2D eigenvalue weighted by molar-refractivity contribution is -0.122. The van der Waals surface area contributed by atoms with Crippen LogP contribution in [0.4, 0.5) is 0 Å². The van der Waals surface area contributed by atoms with Crippen LogP contribution in [-0.2, 0) is 27.2 Å².